The Morgan fingerprint density at radius 3 is 2.67 bits per heavy atom. The summed E-state index contributed by atoms with van der Waals surface area (Å²) in [6.07, 6.45) is 1.75. The zero-order valence-corrected chi connectivity index (χ0v) is 23.7. The van der Waals surface area contributed by atoms with E-state index >= 15 is 0 Å². The maximum Gasteiger partial charge on any atom is 0.227 e. The van der Waals surface area contributed by atoms with Gasteiger partial charge >= 0.3 is 0 Å². The molecule has 2 aromatic heterocycles. The van der Waals surface area contributed by atoms with Gasteiger partial charge in [-0.25, -0.2) is 4.98 Å². The third-order valence-corrected chi connectivity index (χ3v) is 8.95. The van der Waals surface area contributed by atoms with Crippen LogP contribution in [0.3, 0.4) is 0 Å². The zero-order valence-electron chi connectivity index (χ0n) is 21.4. The second-order valence-corrected chi connectivity index (χ2v) is 11.8. The summed E-state index contributed by atoms with van der Waals surface area (Å²) in [6.45, 7) is 5.03. The van der Waals surface area contributed by atoms with Crippen molar-refractivity contribution in [2.75, 3.05) is 23.9 Å². The van der Waals surface area contributed by atoms with Crippen molar-refractivity contribution in [3.8, 4) is 11.1 Å². The molecule has 0 bridgehead atoms. The minimum Gasteiger partial charge on any atom is -0.771 e. The molecule has 0 radical (unpaired) electrons. The van der Waals surface area contributed by atoms with E-state index in [1.165, 1.54) is 0 Å². The average molecular weight is 588 g/mol. The number of hydrogen-bond acceptors (Lipinski definition) is 7. The van der Waals surface area contributed by atoms with E-state index in [-0.39, 0.29) is 23.9 Å². The molecule has 12 heteroatoms. The fourth-order valence-electron chi connectivity index (χ4n) is 5.96. The van der Waals surface area contributed by atoms with Gasteiger partial charge in [0.05, 0.1) is 38.7 Å². The fraction of sp³-hybridized carbons (Fsp3) is 0.370. The highest BCUT2D eigenvalue weighted by Crippen LogP contribution is 2.42. The van der Waals surface area contributed by atoms with Gasteiger partial charge in [0.25, 0.3) is 0 Å². The van der Waals surface area contributed by atoms with Gasteiger partial charge in [0, 0.05) is 36.8 Å². The van der Waals surface area contributed by atoms with Crippen molar-refractivity contribution < 1.29 is 18.1 Å². The van der Waals surface area contributed by atoms with Crippen molar-refractivity contribution in [1.82, 2.24) is 19.6 Å². The molecule has 0 aliphatic carbocycles. The first kappa shape index (κ1) is 26.5. The Morgan fingerprint density at radius 1 is 1.13 bits per heavy atom. The van der Waals surface area contributed by atoms with Gasteiger partial charge in [-0.1, -0.05) is 34.4 Å². The van der Waals surface area contributed by atoms with Crippen LogP contribution in [0.15, 0.2) is 40.9 Å². The van der Waals surface area contributed by atoms with Crippen LogP contribution in [0.4, 0.5) is 5.69 Å². The smallest absolute Gasteiger partial charge is 0.227 e. The van der Waals surface area contributed by atoms with E-state index in [0.29, 0.717) is 41.7 Å². The first-order valence-corrected chi connectivity index (χ1v) is 14.7. The number of aromatic nitrogens is 3. The van der Waals surface area contributed by atoms with E-state index in [1.54, 1.807) is 23.1 Å². The number of amides is 1. The van der Waals surface area contributed by atoms with Gasteiger partial charge < -0.3 is 18.5 Å². The largest absolute Gasteiger partial charge is 0.771 e. The third-order valence-electron chi connectivity index (χ3n) is 7.63. The summed E-state index contributed by atoms with van der Waals surface area (Å²) >= 11 is 10.3. The van der Waals surface area contributed by atoms with Crippen molar-refractivity contribution in [1.29, 1.82) is 0 Å². The molecule has 0 saturated carbocycles. The number of carbonyl (C=O) groups is 1. The van der Waals surface area contributed by atoms with Crippen LogP contribution in [0, 0.1) is 13.8 Å². The second-order valence-electron chi connectivity index (χ2n) is 10.1. The van der Waals surface area contributed by atoms with Gasteiger partial charge in [-0.2, -0.15) is 0 Å². The standard InChI is InChI=1S/C27H27Cl2N5O4S/c1-15-26(16(2)38-31-15)17-3-6-23-22(11-17)30-27(34(23)19-9-10-32(13-19)14-39(36)37)24-7-8-25(35)33(24)18-4-5-20(28)21(29)12-18/h3-6,11-12,19,24H,7-10,13-14H2,1-2H3,(H,36,37)/p-1/t19-,24+/m1/s1. The fourth-order valence-corrected chi connectivity index (χ4v) is 6.79. The topological polar surface area (TPSA) is 108 Å². The van der Waals surface area contributed by atoms with Crippen LogP contribution in [0.2, 0.25) is 10.0 Å². The Labute approximate surface area is 237 Å². The summed E-state index contributed by atoms with van der Waals surface area (Å²) in [7, 11) is 0. The molecule has 2 aliphatic rings. The highest BCUT2D eigenvalue weighted by molar-refractivity contribution is 7.79. The molecule has 39 heavy (non-hydrogen) atoms. The Morgan fingerprint density at radius 2 is 1.95 bits per heavy atom. The van der Waals surface area contributed by atoms with Gasteiger partial charge in [0.1, 0.15) is 11.6 Å². The normalized spacial score (nSPS) is 20.9. The van der Waals surface area contributed by atoms with Crippen LogP contribution in [0.25, 0.3) is 22.2 Å². The van der Waals surface area contributed by atoms with Crippen LogP contribution in [-0.4, -0.2) is 53.2 Å². The molecule has 1 amide bonds. The van der Waals surface area contributed by atoms with Crippen molar-refractivity contribution in [2.45, 2.75) is 45.2 Å². The SMILES string of the molecule is Cc1noc(C)c1-c1ccc2c(c1)nc([C@@H]1CCC(=O)N1c1ccc(Cl)c(Cl)c1)n2[C@@H]1CCN(CS(=O)[O-])C1. The molecular formula is C27H26Cl2N5O4S-. The van der Waals surface area contributed by atoms with Crippen LogP contribution in [0.5, 0.6) is 0 Å². The molecule has 0 N–H and O–H groups in total. The molecule has 2 aliphatic heterocycles. The van der Waals surface area contributed by atoms with Crippen LogP contribution < -0.4 is 4.90 Å². The lowest BCUT2D eigenvalue weighted by Gasteiger charge is -2.27. The van der Waals surface area contributed by atoms with E-state index in [4.69, 9.17) is 32.7 Å². The van der Waals surface area contributed by atoms with Gasteiger partial charge in [-0.15, -0.1) is 0 Å². The Hall–Kier alpha value is -2.76. The summed E-state index contributed by atoms with van der Waals surface area (Å²) in [6, 6.07) is 11.0. The van der Waals surface area contributed by atoms with Gasteiger partial charge in [0.2, 0.25) is 5.91 Å². The number of fused-ring (bicyclic) bond motifs is 1. The highest BCUT2D eigenvalue weighted by Gasteiger charge is 2.39. The molecule has 6 rings (SSSR count). The molecule has 204 valence electrons. The summed E-state index contributed by atoms with van der Waals surface area (Å²) in [4.78, 5) is 22.0. The molecule has 4 heterocycles. The molecule has 2 fully saturated rings. The Bertz CT molecular complexity index is 1600. The Balaban J connectivity index is 1.48. The van der Waals surface area contributed by atoms with Crippen LogP contribution >= 0.6 is 23.2 Å². The number of halogens is 2. The number of likely N-dealkylation sites (tertiary alicyclic amines) is 1. The average Bonchev–Trinajstić information content (AvgIpc) is 3.66. The van der Waals surface area contributed by atoms with Gasteiger partial charge in [0.15, 0.2) is 0 Å². The third kappa shape index (κ3) is 4.78. The Kier molecular flexibility index (Phi) is 7.01. The number of carbonyl (C=O) groups excluding carboxylic acids is 1. The summed E-state index contributed by atoms with van der Waals surface area (Å²) < 4.78 is 30.4. The van der Waals surface area contributed by atoms with Crippen molar-refractivity contribution in [3.05, 3.63) is 63.7 Å². The number of benzene rings is 2. The van der Waals surface area contributed by atoms with Crippen molar-refractivity contribution in [3.63, 3.8) is 0 Å². The lowest BCUT2D eigenvalue weighted by Crippen LogP contribution is -2.30. The molecule has 0 spiro atoms. The predicted octanol–water partition coefficient (Wildman–Crippen LogP) is 5.57. The molecule has 2 saturated heterocycles. The second kappa shape index (κ2) is 10.3. The first-order valence-electron chi connectivity index (χ1n) is 12.7. The number of hydrogen-bond donors (Lipinski definition) is 0. The molecule has 1 unspecified atom stereocenters. The van der Waals surface area contributed by atoms with Crippen LogP contribution in [0.1, 0.15) is 48.6 Å². The number of nitrogens with zero attached hydrogens (tertiary/aromatic N) is 5. The minimum atomic E-state index is -2.16. The maximum absolute atomic E-state index is 13.2. The number of imidazole rings is 1. The van der Waals surface area contributed by atoms with E-state index in [1.807, 2.05) is 36.9 Å². The number of aryl methyl sites for hydroxylation is 2. The van der Waals surface area contributed by atoms with Crippen molar-refractivity contribution >= 4 is 56.9 Å². The van der Waals surface area contributed by atoms with Gasteiger partial charge in [-0.05, 0) is 73.7 Å². The summed E-state index contributed by atoms with van der Waals surface area (Å²) in [5, 5.41) is 4.90. The van der Waals surface area contributed by atoms with Crippen LogP contribution in [-0.2, 0) is 15.9 Å². The lowest BCUT2D eigenvalue weighted by molar-refractivity contribution is -0.117. The molecule has 3 atom stereocenters. The maximum atomic E-state index is 13.2. The summed E-state index contributed by atoms with van der Waals surface area (Å²) in [5.74, 6) is 1.48. The summed E-state index contributed by atoms with van der Waals surface area (Å²) in [5.41, 5.74) is 5.09. The van der Waals surface area contributed by atoms with Gasteiger partial charge in [-0.3, -0.25) is 13.9 Å². The minimum absolute atomic E-state index is 0.00446. The number of anilines is 1. The molecule has 9 nitrogen and oxygen atoms in total. The molecule has 4 aromatic rings. The monoisotopic (exact) mass is 586 g/mol. The van der Waals surface area contributed by atoms with E-state index in [0.717, 1.165) is 45.9 Å². The first-order chi connectivity index (χ1) is 18.7. The quantitative estimate of drug-likeness (QED) is 0.272. The molecular weight excluding hydrogens is 561 g/mol. The van der Waals surface area contributed by atoms with E-state index in [2.05, 4.69) is 9.72 Å². The zero-order chi connectivity index (χ0) is 27.4. The molecule has 2 aromatic carbocycles. The van der Waals surface area contributed by atoms with E-state index < -0.39 is 11.1 Å². The lowest BCUT2D eigenvalue weighted by atomic mass is 10.0. The van der Waals surface area contributed by atoms with Crippen molar-refractivity contribution in [2.24, 2.45) is 0 Å². The predicted molar refractivity (Wildman–Crippen MR) is 150 cm³/mol. The van der Waals surface area contributed by atoms with E-state index in [9.17, 15) is 13.6 Å². The highest BCUT2D eigenvalue weighted by atomic mass is 35.5. The number of rotatable bonds is 6.